The minimum atomic E-state index is -0.764. The van der Waals surface area contributed by atoms with Gasteiger partial charge in [0.15, 0.2) is 0 Å². The molecule has 25 heavy (non-hydrogen) atoms. The Balaban J connectivity index is 2.29. The molecule has 2 aromatic rings. The van der Waals surface area contributed by atoms with E-state index in [4.69, 9.17) is 15.7 Å². The number of nitrogens with zero attached hydrogens (tertiary/aromatic N) is 2. The molecule has 0 saturated heterocycles. The summed E-state index contributed by atoms with van der Waals surface area (Å²) in [4.78, 5) is 11.4. The lowest BCUT2D eigenvalue weighted by Crippen LogP contribution is -2.16. The molecule has 2 N–H and O–H groups in total. The zero-order valence-electron chi connectivity index (χ0n) is 13.5. The number of primary amides is 1. The van der Waals surface area contributed by atoms with Crippen LogP contribution in [0, 0.1) is 11.3 Å². The van der Waals surface area contributed by atoms with Crippen molar-refractivity contribution in [2.75, 3.05) is 11.4 Å². The summed E-state index contributed by atoms with van der Waals surface area (Å²) >= 11 is 4.85. The quantitative estimate of drug-likeness (QED) is 0.418. The number of anilines is 1. The number of nitriles is 1. The van der Waals surface area contributed by atoms with Gasteiger partial charge in [-0.25, -0.2) is 0 Å². The first-order valence-electron chi connectivity index (χ1n) is 7.26. The van der Waals surface area contributed by atoms with E-state index < -0.39 is 5.91 Å². The van der Waals surface area contributed by atoms with Crippen LogP contribution in [-0.4, -0.2) is 13.0 Å². The summed E-state index contributed by atoms with van der Waals surface area (Å²) in [5.74, 6) is 0.565. The number of halogens is 1. The molecule has 2 rings (SSSR count). The summed E-state index contributed by atoms with van der Waals surface area (Å²) < 4.78 is 7.99. The summed E-state index contributed by atoms with van der Waals surface area (Å²) in [6, 6.07) is 17.1. The normalized spacial score (nSPS) is 10.8. The van der Waals surface area contributed by atoms with Gasteiger partial charge in [0.25, 0.3) is 5.91 Å². The van der Waals surface area contributed by atoms with Gasteiger partial charge in [0.2, 0.25) is 0 Å². The van der Waals surface area contributed by atoms with Crippen molar-refractivity contribution in [1.82, 2.24) is 0 Å². The molecule has 7 heteroatoms. The van der Waals surface area contributed by atoms with Crippen LogP contribution < -0.4 is 14.8 Å². The number of hydrogen-bond acceptors (Lipinski definition) is 5. The molecule has 0 atom stereocenters. The molecule has 0 aliphatic carbocycles. The van der Waals surface area contributed by atoms with E-state index >= 15 is 0 Å². The summed E-state index contributed by atoms with van der Waals surface area (Å²) in [7, 11) is 1.58. The maximum absolute atomic E-state index is 11.4. The van der Waals surface area contributed by atoms with E-state index in [2.05, 4.69) is 15.9 Å². The number of amides is 1. The van der Waals surface area contributed by atoms with E-state index in [0.717, 1.165) is 15.7 Å². The van der Waals surface area contributed by atoms with Crippen molar-refractivity contribution in [2.45, 2.75) is 5.75 Å². The molecule has 0 spiro atoms. The van der Waals surface area contributed by atoms with Crippen molar-refractivity contribution < 1.29 is 9.53 Å². The number of carbonyl (C=O) groups is 1. The predicted molar refractivity (Wildman–Crippen MR) is 104 cm³/mol. The number of rotatable bonds is 7. The molecule has 128 valence electrons. The first-order valence-corrected chi connectivity index (χ1v) is 8.99. The summed E-state index contributed by atoms with van der Waals surface area (Å²) in [6.07, 6.45) is 1.45. The maximum Gasteiger partial charge on any atom is 0.260 e. The Morgan fingerprint density at radius 3 is 2.68 bits per heavy atom. The first kappa shape index (κ1) is 18.9. The molecule has 0 unspecified atom stereocenters. The van der Waals surface area contributed by atoms with Gasteiger partial charge in [0.05, 0.1) is 12.8 Å². The highest BCUT2D eigenvalue weighted by Gasteiger charge is 2.11. The fourth-order valence-electron chi connectivity index (χ4n) is 1.92. The van der Waals surface area contributed by atoms with Gasteiger partial charge in [0, 0.05) is 22.5 Å². The average molecular weight is 418 g/mol. The highest BCUT2D eigenvalue weighted by atomic mass is 79.9. The van der Waals surface area contributed by atoms with E-state index in [0.29, 0.717) is 11.5 Å². The van der Waals surface area contributed by atoms with Gasteiger partial charge in [-0.15, -0.1) is 0 Å². The zero-order valence-corrected chi connectivity index (χ0v) is 15.9. The number of benzene rings is 2. The van der Waals surface area contributed by atoms with E-state index in [1.165, 1.54) is 18.1 Å². The molecule has 0 fully saturated rings. The second kappa shape index (κ2) is 9.16. The summed E-state index contributed by atoms with van der Waals surface area (Å²) in [6.45, 7) is 0. The predicted octanol–water partition coefficient (Wildman–Crippen LogP) is 4.01. The van der Waals surface area contributed by atoms with Crippen molar-refractivity contribution >= 4 is 39.5 Å². The van der Waals surface area contributed by atoms with Crippen LogP contribution in [0.5, 0.6) is 5.75 Å². The minimum absolute atomic E-state index is 0.119. The summed E-state index contributed by atoms with van der Waals surface area (Å²) in [5, 5.41) is 9.12. The fraction of sp³-hybridized carbons (Fsp3) is 0.111. The second-order valence-corrected chi connectivity index (χ2v) is 6.80. The monoisotopic (exact) mass is 417 g/mol. The van der Waals surface area contributed by atoms with Gasteiger partial charge in [-0.3, -0.25) is 9.10 Å². The van der Waals surface area contributed by atoms with Crippen LogP contribution in [0.3, 0.4) is 0 Å². The second-order valence-electron chi connectivity index (χ2n) is 4.95. The van der Waals surface area contributed by atoms with Gasteiger partial charge in [-0.1, -0.05) is 34.1 Å². The van der Waals surface area contributed by atoms with Crippen LogP contribution >= 0.6 is 27.9 Å². The number of methoxy groups -OCH3 is 1. The maximum atomic E-state index is 11.4. The lowest BCUT2D eigenvalue weighted by Gasteiger charge is -2.20. The highest BCUT2D eigenvalue weighted by molar-refractivity contribution is 9.10. The van der Waals surface area contributed by atoms with Gasteiger partial charge in [-0.05, 0) is 41.8 Å². The largest absolute Gasteiger partial charge is 0.497 e. The van der Waals surface area contributed by atoms with Gasteiger partial charge in [-0.2, -0.15) is 5.26 Å². The van der Waals surface area contributed by atoms with Gasteiger partial charge < -0.3 is 10.5 Å². The molecule has 1 amide bonds. The van der Waals surface area contributed by atoms with Crippen molar-refractivity contribution in [3.63, 3.8) is 0 Å². The van der Waals surface area contributed by atoms with E-state index in [1.54, 1.807) is 11.4 Å². The van der Waals surface area contributed by atoms with Crippen LogP contribution in [0.1, 0.15) is 5.56 Å². The molecule has 0 heterocycles. The molecule has 0 aliphatic rings. The van der Waals surface area contributed by atoms with Gasteiger partial charge in [0.1, 0.15) is 17.4 Å². The number of nitrogens with two attached hydrogens (primary N) is 1. The Labute approximate surface area is 159 Å². The molecule has 0 radical (unpaired) electrons. The SMILES string of the molecule is COc1cccc(N(/C=C(\C#N)C(N)=O)SCc2ccc(Br)cc2)c1. The molecular formula is C18H16BrN3O2S. The van der Waals surface area contributed by atoms with Crippen molar-refractivity contribution in [3.8, 4) is 11.8 Å². The van der Waals surface area contributed by atoms with Crippen LogP contribution in [0.4, 0.5) is 5.69 Å². The standard InChI is InChI=1S/C18H16BrN3O2S/c1-24-17-4-2-3-16(9-17)22(11-14(10-20)18(21)23)25-12-13-5-7-15(19)8-6-13/h2-9,11H,12H2,1H3,(H2,21,23)/b14-11+. The molecule has 0 bridgehead atoms. The van der Waals surface area contributed by atoms with Crippen LogP contribution in [0.2, 0.25) is 0 Å². The smallest absolute Gasteiger partial charge is 0.260 e. The van der Waals surface area contributed by atoms with E-state index in [9.17, 15) is 4.79 Å². The number of hydrogen-bond donors (Lipinski definition) is 1. The molecule has 5 nitrogen and oxygen atoms in total. The third-order valence-corrected chi connectivity index (χ3v) is 4.81. The van der Waals surface area contributed by atoms with E-state index in [1.807, 2.05) is 54.6 Å². The summed E-state index contributed by atoms with van der Waals surface area (Å²) in [5.41, 5.74) is 7.02. The molecule has 0 saturated carbocycles. The Kier molecular flexibility index (Phi) is 6.92. The van der Waals surface area contributed by atoms with Crippen molar-refractivity contribution in [2.24, 2.45) is 5.73 Å². The Morgan fingerprint density at radius 2 is 2.08 bits per heavy atom. The van der Waals surface area contributed by atoms with Crippen molar-refractivity contribution in [1.29, 1.82) is 5.26 Å². The fourth-order valence-corrected chi connectivity index (χ4v) is 3.11. The Hall–Kier alpha value is -2.43. The third kappa shape index (κ3) is 5.55. The Morgan fingerprint density at radius 1 is 1.36 bits per heavy atom. The van der Waals surface area contributed by atoms with Gasteiger partial charge >= 0.3 is 0 Å². The van der Waals surface area contributed by atoms with E-state index in [-0.39, 0.29) is 5.57 Å². The minimum Gasteiger partial charge on any atom is -0.497 e. The first-order chi connectivity index (χ1) is 12.0. The molecule has 0 aromatic heterocycles. The third-order valence-electron chi connectivity index (χ3n) is 3.22. The number of ether oxygens (including phenoxy) is 1. The molecule has 2 aromatic carbocycles. The Bertz CT molecular complexity index is 816. The van der Waals surface area contributed by atoms with Crippen LogP contribution in [0.15, 0.2) is 64.8 Å². The molecular weight excluding hydrogens is 402 g/mol. The average Bonchev–Trinajstić information content (AvgIpc) is 2.63. The molecule has 0 aliphatic heterocycles. The van der Waals surface area contributed by atoms with Crippen LogP contribution in [-0.2, 0) is 10.5 Å². The lowest BCUT2D eigenvalue weighted by atomic mass is 10.2. The van der Waals surface area contributed by atoms with Crippen molar-refractivity contribution in [3.05, 3.63) is 70.3 Å². The lowest BCUT2D eigenvalue weighted by molar-refractivity contribution is -0.114. The zero-order chi connectivity index (χ0) is 18.2. The number of carbonyl (C=O) groups excluding carboxylic acids is 1. The van der Waals surface area contributed by atoms with Crippen LogP contribution in [0.25, 0.3) is 0 Å². The topological polar surface area (TPSA) is 79.3 Å². The highest BCUT2D eigenvalue weighted by Crippen LogP contribution is 2.29.